The monoisotopic (exact) mass is 306 g/mol. The number of ketones is 2. The number of Topliss-reactive ketones (excluding diaryl/α,β-unsaturated/α-hetero) is 1. The van der Waals surface area contributed by atoms with Crippen LogP contribution in [0.2, 0.25) is 0 Å². The number of fused-ring (bicyclic) bond motifs is 1. The number of allylic oxidation sites excluding steroid dienone is 1. The molecule has 1 aromatic carbocycles. The van der Waals surface area contributed by atoms with Crippen molar-refractivity contribution in [2.24, 2.45) is 0 Å². The Morgan fingerprint density at radius 3 is 2.18 bits per heavy atom. The van der Waals surface area contributed by atoms with E-state index >= 15 is 0 Å². The molecule has 0 bridgehead atoms. The Balaban J connectivity index is 2.36. The summed E-state index contributed by atoms with van der Waals surface area (Å²) in [6.07, 6.45) is 0.0475. The van der Waals surface area contributed by atoms with Gasteiger partial charge >= 0.3 is 0 Å². The molecule has 6 nitrogen and oxygen atoms in total. The van der Waals surface area contributed by atoms with Crippen molar-refractivity contribution in [3.8, 4) is 11.5 Å². The number of hydrogen-bond acceptors (Lipinski definition) is 6. The van der Waals surface area contributed by atoms with E-state index in [4.69, 9.17) is 0 Å². The molecule has 0 fully saturated rings. The van der Waals surface area contributed by atoms with Crippen molar-refractivity contribution in [1.29, 1.82) is 0 Å². The predicted octanol–water partition coefficient (Wildman–Crippen LogP) is 1.32. The third-order valence-electron chi connectivity index (χ3n) is 3.57. The molecule has 1 aliphatic carbocycles. The number of benzene rings is 1. The van der Waals surface area contributed by atoms with Crippen molar-refractivity contribution in [3.05, 3.63) is 34.9 Å². The minimum Gasteiger partial charge on any atom is -0.507 e. The Labute approximate surface area is 127 Å². The van der Waals surface area contributed by atoms with Crippen molar-refractivity contribution >= 4 is 11.6 Å². The fourth-order valence-corrected chi connectivity index (χ4v) is 2.38. The molecule has 0 heterocycles. The van der Waals surface area contributed by atoms with Crippen LogP contribution in [0.25, 0.3) is 0 Å². The number of aliphatic hydroxyl groups excluding tert-OH is 1. The Kier molecular flexibility index (Phi) is 4.08. The van der Waals surface area contributed by atoms with Gasteiger partial charge in [0.05, 0.1) is 22.8 Å². The van der Waals surface area contributed by atoms with Gasteiger partial charge in [0.15, 0.2) is 11.6 Å². The summed E-state index contributed by atoms with van der Waals surface area (Å²) in [7, 11) is 0. The van der Waals surface area contributed by atoms with Crippen LogP contribution in [-0.4, -0.2) is 43.7 Å². The number of phenols is 2. The smallest absolute Gasteiger partial charge is 0.196 e. The number of carbonyl (C=O) groups excluding carboxylic acids is 2. The quantitative estimate of drug-likeness (QED) is 0.624. The minimum absolute atomic E-state index is 0.0866. The summed E-state index contributed by atoms with van der Waals surface area (Å²) < 4.78 is 0. The molecule has 22 heavy (non-hydrogen) atoms. The fourth-order valence-electron chi connectivity index (χ4n) is 2.38. The van der Waals surface area contributed by atoms with Crippen molar-refractivity contribution < 1.29 is 30.0 Å². The number of aromatic hydroxyl groups is 2. The van der Waals surface area contributed by atoms with Gasteiger partial charge in [-0.3, -0.25) is 9.59 Å². The van der Waals surface area contributed by atoms with E-state index in [-0.39, 0.29) is 29.5 Å². The van der Waals surface area contributed by atoms with Crippen LogP contribution in [0.3, 0.4) is 0 Å². The highest BCUT2D eigenvalue weighted by molar-refractivity contribution is 6.26. The number of carbonyl (C=O) groups is 2. The maximum Gasteiger partial charge on any atom is 0.196 e. The Hall–Kier alpha value is -2.18. The van der Waals surface area contributed by atoms with E-state index in [1.165, 1.54) is 0 Å². The van der Waals surface area contributed by atoms with Gasteiger partial charge < -0.3 is 20.4 Å². The molecule has 6 heteroatoms. The van der Waals surface area contributed by atoms with Crippen LogP contribution in [0, 0.1) is 0 Å². The van der Waals surface area contributed by atoms with Crippen LogP contribution in [-0.2, 0) is 0 Å². The third-order valence-corrected chi connectivity index (χ3v) is 3.57. The van der Waals surface area contributed by atoms with Gasteiger partial charge in [-0.25, -0.2) is 0 Å². The van der Waals surface area contributed by atoms with Gasteiger partial charge in [-0.05, 0) is 44.9 Å². The predicted molar refractivity (Wildman–Crippen MR) is 78.1 cm³/mol. The molecule has 0 amide bonds. The van der Waals surface area contributed by atoms with Crippen molar-refractivity contribution in [2.75, 3.05) is 0 Å². The zero-order valence-electron chi connectivity index (χ0n) is 12.3. The zero-order valence-corrected chi connectivity index (χ0v) is 12.3. The van der Waals surface area contributed by atoms with E-state index < -0.39 is 34.8 Å². The molecule has 118 valence electrons. The summed E-state index contributed by atoms with van der Waals surface area (Å²) in [4.78, 5) is 24.4. The molecule has 0 spiro atoms. The highest BCUT2D eigenvalue weighted by atomic mass is 16.3. The Morgan fingerprint density at radius 2 is 1.64 bits per heavy atom. The number of phenolic OH excluding ortho intramolecular Hbond substituents is 2. The molecule has 2 rings (SSSR count). The van der Waals surface area contributed by atoms with Gasteiger partial charge in [0.25, 0.3) is 0 Å². The second kappa shape index (κ2) is 5.55. The lowest BCUT2D eigenvalue weighted by atomic mass is 9.84. The van der Waals surface area contributed by atoms with Crippen LogP contribution < -0.4 is 0 Å². The topological polar surface area (TPSA) is 115 Å². The van der Waals surface area contributed by atoms with Crippen LogP contribution in [0.15, 0.2) is 23.8 Å². The first-order chi connectivity index (χ1) is 10.1. The normalized spacial score (nSPS) is 16.3. The highest BCUT2D eigenvalue weighted by Crippen LogP contribution is 2.36. The number of aliphatic hydroxyl groups is 2. The molecule has 0 aromatic heterocycles. The summed E-state index contributed by atoms with van der Waals surface area (Å²) in [5.41, 5.74) is -1.72. The van der Waals surface area contributed by atoms with E-state index in [2.05, 4.69) is 0 Å². The van der Waals surface area contributed by atoms with E-state index in [9.17, 15) is 30.0 Å². The van der Waals surface area contributed by atoms with Crippen LogP contribution >= 0.6 is 0 Å². The van der Waals surface area contributed by atoms with Crippen LogP contribution in [0.1, 0.15) is 47.4 Å². The standard InChI is InChI=1S/C16H18O6/c1-16(2,22)6-5-9(17)8-7-12(20)13-10(18)3-4-11(19)14(13)15(8)21/h3-4,7,9,17-19,22H,5-6H2,1-2H3/t9-/m1/s1. The van der Waals surface area contributed by atoms with Crippen molar-refractivity contribution in [2.45, 2.75) is 38.4 Å². The lowest BCUT2D eigenvalue weighted by Crippen LogP contribution is -2.28. The van der Waals surface area contributed by atoms with Crippen LogP contribution in [0.4, 0.5) is 0 Å². The van der Waals surface area contributed by atoms with E-state index in [0.29, 0.717) is 0 Å². The average molecular weight is 306 g/mol. The SMILES string of the molecule is CC(C)(O)CC[C@@H](O)C1=CC(=O)c2c(O)ccc(O)c2C1=O. The highest BCUT2D eigenvalue weighted by Gasteiger charge is 2.34. The molecule has 1 atom stereocenters. The molecule has 0 saturated heterocycles. The molecule has 4 N–H and O–H groups in total. The number of hydrogen-bond donors (Lipinski definition) is 4. The van der Waals surface area contributed by atoms with Gasteiger partial charge in [0.1, 0.15) is 11.5 Å². The van der Waals surface area contributed by atoms with Crippen molar-refractivity contribution in [3.63, 3.8) is 0 Å². The molecule has 0 radical (unpaired) electrons. The lowest BCUT2D eigenvalue weighted by molar-refractivity contribution is 0.0531. The number of rotatable bonds is 4. The first kappa shape index (κ1) is 16.2. The van der Waals surface area contributed by atoms with Gasteiger partial charge in [-0.2, -0.15) is 0 Å². The molecular formula is C16H18O6. The van der Waals surface area contributed by atoms with Gasteiger partial charge in [0.2, 0.25) is 0 Å². The van der Waals surface area contributed by atoms with Gasteiger partial charge in [0, 0.05) is 5.57 Å². The Morgan fingerprint density at radius 1 is 1.09 bits per heavy atom. The fraction of sp³-hybridized carbons (Fsp3) is 0.375. The molecule has 1 aliphatic rings. The summed E-state index contributed by atoms with van der Waals surface area (Å²) in [6, 6.07) is 2.24. The largest absolute Gasteiger partial charge is 0.507 e. The second-order valence-corrected chi connectivity index (χ2v) is 6.01. The average Bonchev–Trinajstić information content (AvgIpc) is 2.41. The maximum absolute atomic E-state index is 12.4. The minimum atomic E-state index is -1.24. The Bertz CT molecular complexity index is 666. The summed E-state index contributed by atoms with van der Waals surface area (Å²) >= 11 is 0. The summed E-state index contributed by atoms with van der Waals surface area (Å²) in [5, 5.41) is 39.3. The summed E-state index contributed by atoms with van der Waals surface area (Å²) in [5.74, 6) is -2.18. The molecule has 0 aliphatic heterocycles. The second-order valence-electron chi connectivity index (χ2n) is 6.01. The molecule has 0 unspecified atom stereocenters. The van der Waals surface area contributed by atoms with Crippen LogP contribution in [0.5, 0.6) is 11.5 Å². The molecule has 0 saturated carbocycles. The first-order valence-corrected chi connectivity index (χ1v) is 6.88. The molecular weight excluding hydrogens is 288 g/mol. The zero-order chi connectivity index (χ0) is 16.7. The lowest BCUT2D eigenvalue weighted by Gasteiger charge is -2.23. The van der Waals surface area contributed by atoms with Gasteiger partial charge in [-0.15, -0.1) is 0 Å². The third kappa shape index (κ3) is 3.03. The maximum atomic E-state index is 12.4. The first-order valence-electron chi connectivity index (χ1n) is 6.88. The van der Waals surface area contributed by atoms with Gasteiger partial charge in [-0.1, -0.05) is 0 Å². The van der Waals surface area contributed by atoms with E-state index in [0.717, 1.165) is 18.2 Å². The van der Waals surface area contributed by atoms with Crippen molar-refractivity contribution in [1.82, 2.24) is 0 Å². The van der Waals surface area contributed by atoms with E-state index in [1.54, 1.807) is 13.8 Å². The van der Waals surface area contributed by atoms with E-state index in [1.807, 2.05) is 0 Å². The molecule has 1 aromatic rings. The summed E-state index contributed by atoms with van der Waals surface area (Å²) in [6.45, 7) is 3.14.